The van der Waals surface area contributed by atoms with E-state index in [-0.39, 0.29) is 0 Å². The fourth-order valence-electron chi connectivity index (χ4n) is 3.22. The second-order valence-electron chi connectivity index (χ2n) is 8.73. The summed E-state index contributed by atoms with van der Waals surface area (Å²) in [6.07, 6.45) is 12.0. The third kappa shape index (κ3) is 6.30. The Hall–Kier alpha value is -1.31. The van der Waals surface area contributed by atoms with Crippen LogP contribution in [-0.2, 0) is 17.6 Å². The third-order valence-electron chi connectivity index (χ3n) is 5.72. The largest absolute Gasteiger partial charge is 0.481 e. The molecule has 0 amide bonds. The molecule has 1 aromatic carbocycles. The topological polar surface area (TPSA) is 37.3 Å². The zero-order chi connectivity index (χ0) is 17.6. The van der Waals surface area contributed by atoms with Crippen molar-refractivity contribution in [3.63, 3.8) is 0 Å². The van der Waals surface area contributed by atoms with Gasteiger partial charge in [0, 0.05) is 0 Å². The minimum atomic E-state index is -0.692. The number of rotatable bonds is 11. The van der Waals surface area contributed by atoms with Crippen molar-refractivity contribution in [3.8, 4) is 0 Å². The first-order valence-electron chi connectivity index (χ1n) is 9.62. The van der Waals surface area contributed by atoms with E-state index in [1.54, 1.807) is 0 Å². The maximum Gasteiger partial charge on any atom is 0.309 e. The number of unbranched alkanes of at least 4 members (excludes halogenated alkanes) is 2. The van der Waals surface area contributed by atoms with Gasteiger partial charge in [-0.2, -0.15) is 0 Å². The van der Waals surface area contributed by atoms with Gasteiger partial charge < -0.3 is 5.11 Å². The highest BCUT2D eigenvalue weighted by molar-refractivity contribution is 5.73. The first-order valence-corrected chi connectivity index (χ1v) is 9.62. The fourth-order valence-corrected chi connectivity index (χ4v) is 3.22. The maximum atomic E-state index is 11.1. The van der Waals surface area contributed by atoms with Crippen molar-refractivity contribution in [2.75, 3.05) is 0 Å². The number of hydrogen-bond acceptors (Lipinski definition) is 1. The van der Waals surface area contributed by atoms with Gasteiger partial charge in [0.2, 0.25) is 0 Å². The lowest BCUT2D eigenvalue weighted by Gasteiger charge is -2.18. The quantitative estimate of drug-likeness (QED) is 0.503. The molecule has 2 nitrogen and oxygen atoms in total. The summed E-state index contributed by atoms with van der Waals surface area (Å²) in [5, 5.41) is 9.12. The van der Waals surface area contributed by atoms with Crippen LogP contribution in [0.1, 0.15) is 83.3 Å². The van der Waals surface area contributed by atoms with Crippen molar-refractivity contribution >= 4 is 5.97 Å². The highest BCUT2D eigenvalue weighted by atomic mass is 16.4. The molecule has 1 aromatic rings. The van der Waals surface area contributed by atoms with Crippen LogP contribution < -0.4 is 0 Å². The van der Waals surface area contributed by atoms with Crippen LogP contribution in [0.5, 0.6) is 0 Å². The van der Waals surface area contributed by atoms with Crippen LogP contribution in [-0.4, -0.2) is 11.1 Å². The molecule has 0 aromatic heterocycles. The molecule has 0 unspecified atom stereocenters. The van der Waals surface area contributed by atoms with Gasteiger partial charge in [-0.3, -0.25) is 4.79 Å². The molecule has 0 spiro atoms. The number of carbonyl (C=O) groups is 1. The van der Waals surface area contributed by atoms with Gasteiger partial charge in [-0.05, 0) is 81.8 Å². The summed E-state index contributed by atoms with van der Waals surface area (Å²) in [6, 6.07) is 9.05. The Bertz CT molecular complexity index is 523. The molecule has 1 aliphatic carbocycles. The average Bonchev–Trinajstić information content (AvgIpc) is 3.27. The van der Waals surface area contributed by atoms with Crippen LogP contribution in [0.4, 0.5) is 0 Å². The molecule has 0 heterocycles. The molecule has 1 fully saturated rings. The second-order valence-corrected chi connectivity index (χ2v) is 8.73. The number of carboxylic acid groups (broad SMARTS) is 1. The van der Waals surface area contributed by atoms with Crippen molar-refractivity contribution in [3.05, 3.63) is 35.4 Å². The van der Waals surface area contributed by atoms with Crippen LogP contribution in [0.2, 0.25) is 0 Å². The minimum absolute atomic E-state index is 0.596. The summed E-state index contributed by atoms with van der Waals surface area (Å²) in [4.78, 5) is 11.1. The van der Waals surface area contributed by atoms with Crippen LogP contribution >= 0.6 is 0 Å². The second kappa shape index (κ2) is 8.18. The van der Waals surface area contributed by atoms with Crippen molar-refractivity contribution in [2.24, 2.45) is 10.8 Å². The van der Waals surface area contributed by atoms with Gasteiger partial charge in [0.25, 0.3) is 0 Å². The molecule has 0 radical (unpaired) electrons. The van der Waals surface area contributed by atoms with E-state index in [1.807, 2.05) is 13.8 Å². The van der Waals surface area contributed by atoms with Crippen LogP contribution in [0, 0.1) is 10.8 Å². The summed E-state index contributed by atoms with van der Waals surface area (Å²) in [7, 11) is 0. The monoisotopic (exact) mass is 330 g/mol. The first-order chi connectivity index (χ1) is 11.3. The molecule has 0 saturated heterocycles. The van der Waals surface area contributed by atoms with E-state index in [0.717, 1.165) is 25.7 Å². The SMILES string of the molecule is CC1(CCCCc2ccc(CCCCC(C)(C)C(=O)O)cc2)CC1. The Labute approximate surface area is 147 Å². The van der Waals surface area contributed by atoms with E-state index >= 15 is 0 Å². The number of aryl methyl sites for hydroxylation is 2. The molecule has 0 bridgehead atoms. The molecule has 2 rings (SSSR count). The van der Waals surface area contributed by atoms with E-state index in [4.69, 9.17) is 5.11 Å². The van der Waals surface area contributed by atoms with Crippen molar-refractivity contribution < 1.29 is 9.90 Å². The van der Waals surface area contributed by atoms with Gasteiger partial charge in [-0.1, -0.05) is 44.0 Å². The number of benzene rings is 1. The average molecular weight is 331 g/mol. The Kier molecular flexibility index (Phi) is 6.48. The van der Waals surface area contributed by atoms with Crippen LogP contribution in [0.3, 0.4) is 0 Å². The standard InChI is InChI=1S/C22H34O2/c1-21(2,20(23)24)14-6-4-8-18-10-12-19(13-11-18)9-5-7-15-22(3)16-17-22/h10-13H,4-9,14-17H2,1-3H3,(H,23,24). The van der Waals surface area contributed by atoms with E-state index in [9.17, 15) is 4.79 Å². The summed E-state index contributed by atoms with van der Waals surface area (Å²) in [5.41, 5.74) is 2.92. The maximum absolute atomic E-state index is 11.1. The van der Waals surface area contributed by atoms with Crippen molar-refractivity contribution in [1.82, 2.24) is 0 Å². The summed E-state index contributed by atoms with van der Waals surface area (Å²) >= 11 is 0. The Morgan fingerprint density at radius 1 is 1.00 bits per heavy atom. The van der Waals surface area contributed by atoms with Gasteiger partial charge in [0.15, 0.2) is 0 Å². The van der Waals surface area contributed by atoms with E-state index in [1.165, 1.54) is 49.7 Å². The van der Waals surface area contributed by atoms with E-state index < -0.39 is 11.4 Å². The minimum Gasteiger partial charge on any atom is -0.481 e. The lowest BCUT2D eigenvalue weighted by molar-refractivity contribution is -0.147. The predicted molar refractivity (Wildman–Crippen MR) is 100 cm³/mol. The predicted octanol–water partition coefficient (Wildman–Crippen LogP) is 6.02. The molecule has 24 heavy (non-hydrogen) atoms. The molecule has 1 saturated carbocycles. The van der Waals surface area contributed by atoms with Crippen molar-refractivity contribution in [2.45, 2.75) is 85.0 Å². The summed E-state index contributed by atoms with van der Waals surface area (Å²) in [5.74, 6) is -0.692. The third-order valence-corrected chi connectivity index (χ3v) is 5.72. The van der Waals surface area contributed by atoms with Gasteiger partial charge in [0.05, 0.1) is 5.41 Å². The number of hydrogen-bond donors (Lipinski definition) is 1. The molecule has 2 heteroatoms. The normalized spacial score (nSPS) is 16.1. The highest BCUT2D eigenvalue weighted by Crippen LogP contribution is 2.49. The number of carboxylic acids is 1. The fraction of sp³-hybridized carbons (Fsp3) is 0.682. The zero-order valence-electron chi connectivity index (χ0n) is 15.7. The number of aliphatic carboxylic acids is 1. The Morgan fingerprint density at radius 2 is 1.50 bits per heavy atom. The molecular weight excluding hydrogens is 296 g/mol. The molecule has 0 atom stereocenters. The van der Waals surface area contributed by atoms with Crippen molar-refractivity contribution in [1.29, 1.82) is 0 Å². The smallest absolute Gasteiger partial charge is 0.309 e. The summed E-state index contributed by atoms with van der Waals surface area (Å²) < 4.78 is 0. The molecule has 0 aliphatic heterocycles. The van der Waals surface area contributed by atoms with Gasteiger partial charge in [0.1, 0.15) is 0 Å². The van der Waals surface area contributed by atoms with E-state index in [0.29, 0.717) is 5.41 Å². The van der Waals surface area contributed by atoms with E-state index in [2.05, 4.69) is 31.2 Å². The molecule has 134 valence electrons. The molecular formula is C22H34O2. The lowest BCUT2D eigenvalue weighted by atomic mass is 9.87. The lowest BCUT2D eigenvalue weighted by Crippen LogP contribution is -2.23. The summed E-state index contributed by atoms with van der Waals surface area (Å²) in [6.45, 7) is 6.04. The van der Waals surface area contributed by atoms with Gasteiger partial charge in [-0.15, -0.1) is 0 Å². The van der Waals surface area contributed by atoms with Gasteiger partial charge >= 0.3 is 5.97 Å². The van der Waals surface area contributed by atoms with Gasteiger partial charge in [-0.25, -0.2) is 0 Å². The van der Waals surface area contributed by atoms with Crippen LogP contribution in [0.15, 0.2) is 24.3 Å². The molecule has 1 N–H and O–H groups in total. The molecule has 1 aliphatic rings. The highest BCUT2D eigenvalue weighted by Gasteiger charge is 2.35. The Balaban J connectivity index is 1.62. The van der Waals surface area contributed by atoms with Crippen LogP contribution in [0.25, 0.3) is 0 Å². The zero-order valence-corrected chi connectivity index (χ0v) is 15.7. The first kappa shape index (κ1) is 19.0. The Morgan fingerprint density at radius 3 is 1.96 bits per heavy atom.